The quantitative estimate of drug-likeness (QED) is 0.0252. The molecule has 8 rings (SSSR count). The number of aliphatic hydroxyl groups is 2. The first-order valence-corrected chi connectivity index (χ1v) is 26.2. The fourth-order valence-corrected chi connectivity index (χ4v) is 10.1. The lowest BCUT2D eigenvalue weighted by atomic mass is 9.78. The zero-order valence-electron chi connectivity index (χ0n) is 42.1. The summed E-state index contributed by atoms with van der Waals surface area (Å²) in [5, 5.41) is 32.6. The lowest BCUT2D eigenvalue weighted by Gasteiger charge is -2.48. The van der Waals surface area contributed by atoms with Gasteiger partial charge in [0.25, 0.3) is 0 Å². The van der Waals surface area contributed by atoms with Crippen molar-refractivity contribution >= 4 is 34.9 Å². The van der Waals surface area contributed by atoms with Gasteiger partial charge in [0.05, 0.1) is 36.1 Å². The summed E-state index contributed by atoms with van der Waals surface area (Å²) in [6.45, 7) is 0.372. The van der Waals surface area contributed by atoms with Crippen LogP contribution in [-0.2, 0) is 20.9 Å². The molecule has 0 radical (unpaired) electrons. The van der Waals surface area contributed by atoms with Crippen molar-refractivity contribution in [2.45, 2.75) is 114 Å². The fraction of sp³-hybridized carbons (Fsp3) is 0.306. The van der Waals surface area contributed by atoms with E-state index in [2.05, 4.69) is 20.9 Å². The summed E-state index contributed by atoms with van der Waals surface area (Å²) < 4.78 is 27.3. The van der Waals surface area contributed by atoms with Crippen LogP contribution in [0.25, 0.3) is 0 Å². The zero-order valence-corrected chi connectivity index (χ0v) is 42.1. The van der Waals surface area contributed by atoms with E-state index in [9.17, 15) is 33.4 Å². The molecule has 1 saturated heterocycles. The highest BCUT2D eigenvalue weighted by molar-refractivity contribution is 6.03. The van der Waals surface area contributed by atoms with Crippen LogP contribution in [0.1, 0.15) is 141 Å². The van der Waals surface area contributed by atoms with Crippen LogP contribution in [0.3, 0.4) is 0 Å². The van der Waals surface area contributed by atoms with Gasteiger partial charge in [0, 0.05) is 48.8 Å². The Labute approximate surface area is 438 Å². The van der Waals surface area contributed by atoms with Crippen LogP contribution in [0.5, 0.6) is 0 Å². The number of nitrogens with zero attached hydrogens (tertiary/aromatic N) is 3. The van der Waals surface area contributed by atoms with Crippen molar-refractivity contribution in [3.05, 3.63) is 221 Å². The second-order valence-electron chi connectivity index (χ2n) is 19.3. The molecule has 6 unspecified atom stereocenters. The molecule has 1 aliphatic heterocycles. The Morgan fingerprint density at radius 3 is 1.87 bits per heavy atom. The number of carbonyl (C=O) groups excluding carboxylic acids is 3. The van der Waals surface area contributed by atoms with Crippen molar-refractivity contribution in [2.75, 3.05) is 15.5 Å². The normalized spacial score (nSPS) is 15.8. The smallest absolute Gasteiger partial charge is 0.233 e. The fourth-order valence-electron chi connectivity index (χ4n) is 10.1. The van der Waals surface area contributed by atoms with Gasteiger partial charge in [0.2, 0.25) is 17.7 Å². The molecule has 5 aromatic carbocycles. The molecule has 0 aliphatic carbocycles. The van der Waals surface area contributed by atoms with E-state index in [1.165, 1.54) is 24.3 Å². The number of pyridine rings is 2. The van der Waals surface area contributed by atoms with Crippen molar-refractivity contribution in [1.82, 2.24) is 15.3 Å². The Bertz CT molecular complexity index is 2880. The Morgan fingerprint density at radius 2 is 1.21 bits per heavy atom. The molecule has 0 saturated carbocycles. The van der Waals surface area contributed by atoms with E-state index in [1.54, 1.807) is 41.6 Å². The standard InChI is InChI=1S/C62H66F2N6O5/c63-47-32-30-44(31-33-47)54(71)39-38-51-60(70(62(51)75)49-36-34-48(64)35-37-49)45-28-26-43(27-29-45)42-67-56(72)24-10-5-3-1-2-4-6-11-25-57(73)68-52-21-13-12-20-50(52)59(69-55-23-15-17-41-66-55)58(53-22-14-16-40-65-53)61(74)46-18-8-7-9-19-46/h7-9,12-23,26-37,40-41,51,54,58-61,71,74H,1-6,10-11,24-25,38-39,42H2,(H,66,69)(H,67,72)(H,68,73). The lowest BCUT2D eigenvalue weighted by Crippen LogP contribution is -2.55. The topological polar surface area (TPSA) is 157 Å². The van der Waals surface area contributed by atoms with Crippen LogP contribution in [0, 0.1) is 17.6 Å². The van der Waals surface area contributed by atoms with Gasteiger partial charge in [-0.15, -0.1) is 0 Å². The van der Waals surface area contributed by atoms with E-state index >= 15 is 0 Å². The maximum absolute atomic E-state index is 13.8. The molecule has 388 valence electrons. The van der Waals surface area contributed by atoms with Gasteiger partial charge in [-0.05, 0) is 120 Å². The van der Waals surface area contributed by atoms with Crippen LogP contribution in [0.15, 0.2) is 176 Å². The number of hydrogen-bond acceptors (Lipinski definition) is 8. The lowest BCUT2D eigenvalue weighted by molar-refractivity contribution is -0.131. The SMILES string of the molecule is O=C(CCCCCCCCCCC(=O)Nc1ccccc1C(Nc1ccccn1)C(c1ccccn1)C(O)c1ccccc1)NCc1ccc(C2C(CCC(O)c3ccc(F)cc3)C(=O)N2c2ccc(F)cc2)cc1. The number of nitrogens with one attached hydrogen (secondary N) is 3. The first kappa shape index (κ1) is 53.7. The minimum atomic E-state index is -0.932. The number of anilines is 3. The number of amides is 3. The minimum absolute atomic E-state index is 0.00962. The van der Waals surface area contributed by atoms with Gasteiger partial charge < -0.3 is 31.1 Å². The molecule has 1 fully saturated rings. The van der Waals surface area contributed by atoms with Gasteiger partial charge in [-0.25, -0.2) is 13.8 Å². The number of benzene rings is 5. The molecule has 0 spiro atoms. The summed E-state index contributed by atoms with van der Waals surface area (Å²) in [4.78, 5) is 50.7. The van der Waals surface area contributed by atoms with E-state index < -0.39 is 35.9 Å². The van der Waals surface area contributed by atoms with E-state index in [4.69, 9.17) is 4.98 Å². The van der Waals surface area contributed by atoms with Gasteiger partial charge in [-0.2, -0.15) is 0 Å². The summed E-state index contributed by atoms with van der Waals surface area (Å²) in [5.41, 5.74) is 5.89. The molecule has 2 aromatic heterocycles. The van der Waals surface area contributed by atoms with Crippen LogP contribution < -0.4 is 20.9 Å². The summed E-state index contributed by atoms with van der Waals surface area (Å²) in [6, 6.07) is 47.0. The molecule has 75 heavy (non-hydrogen) atoms. The van der Waals surface area contributed by atoms with E-state index in [1.807, 2.05) is 115 Å². The molecule has 3 heterocycles. The number of carbonyl (C=O) groups is 3. The highest BCUT2D eigenvalue weighted by Crippen LogP contribution is 2.47. The van der Waals surface area contributed by atoms with Crippen LogP contribution in [0.2, 0.25) is 0 Å². The molecule has 5 N–H and O–H groups in total. The summed E-state index contributed by atoms with van der Waals surface area (Å²) in [5.74, 6) is -1.31. The third kappa shape index (κ3) is 14.8. The first-order valence-electron chi connectivity index (χ1n) is 26.2. The highest BCUT2D eigenvalue weighted by atomic mass is 19.1. The number of aliphatic hydroxyl groups excluding tert-OH is 2. The number of rotatable bonds is 27. The average Bonchev–Trinajstić information content (AvgIpc) is 3.44. The number of para-hydroxylation sites is 1. The average molecular weight is 1010 g/mol. The van der Waals surface area contributed by atoms with Gasteiger partial charge in [0.1, 0.15) is 17.5 Å². The molecular formula is C62H66F2N6O5. The Morgan fingerprint density at radius 1 is 0.613 bits per heavy atom. The summed E-state index contributed by atoms with van der Waals surface area (Å²) in [6.07, 6.45) is 10.8. The van der Waals surface area contributed by atoms with Crippen LogP contribution >= 0.6 is 0 Å². The molecule has 13 heteroatoms. The predicted molar refractivity (Wildman–Crippen MR) is 289 cm³/mol. The number of aromatic nitrogens is 2. The van der Waals surface area contributed by atoms with Crippen molar-refractivity contribution < 1.29 is 33.4 Å². The monoisotopic (exact) mass is 1010 g/mol. The van der Waals surface area contributed by atoms with Crippen molar-refractivity contribution in [2.24, 2.45) is 5.92 Å². The molecule has 0 bridgehead atoms. The summed E-state index contributed by atoms with van der Waals surface area (Å²) >= 11 is 0. The maximum atomic E-state index is 13.8. The van der Waals surface area contributed by atoms with Crippen LogP contribution in [-0.4, -0.2) is 37.9 Å². The Hall–Kier alpha value is -7.61. The third-order valence-electron chi connectivity index (χ3n) is 14.1. The second-order valence-corrected chi connectivity index (χ2v) is 19.3. The molecule has 7 aromatic rings. The van der Waals surface area contributed by atoms with Crippen molar-refractivity contribution in [3.8, 4) is 0 Å². The van der Waals surface area contributed by atoms with Crippen molar-refractivity contribution in [3.63, 3.8) is 0 Å². The molecular weight excluding hydrogens is 947 g/mol. The second kappa shape index (κ2) is 27.1. The van der Waals surface area contributed by atoms with Gasteiger partial charge >= 0.3 is 0 Å². The largest absolute Gasteiger partial charge is 0.388 e. The van der Waals surface area contributed by atoms with E-state index in [-0.39, 0.29) is 29.6 Å². The molecule has 6 atom stereocenters. The predicted octanol–water partition coefficient (Wildman–Crippen LogP) is 12.8. The summed E-state index contributed by atoms with van der Waals surface area (Å²) in [7, 11) is 0. The maximum Gasteiger partial charge on any atom is 0.233 e. The van der Waals surface area contributed by atoms with Gasteiger partial charge in [0.15, 0.2) is 0 Å². The minimum Gasteiger partial charge on any atom is -0.388 e. The number of halogens is 2. The van der Waals surface area contributed by atoms with E-state index in [0.717, 1.165) is 73.6 Å². The molecule has 1 aliphatic rings. The Kier molecular flexibility index (Phi) is 19.4. The number of unbranched alkanes of at least 4 members (excludes halogenated alkanes) is 7. The Balaban J connectivity index is 0.747. The first-order chi connectivity index (χ1) is 36.6. The number of hydrogen-bond donors (Lipinski definition) is 5. The molecule has 3 amide bonds. The highest BCUT2D eigenvalue weighted by Gasteiger charge is 2.48. The van der Waals surface area contributed by atoms with E-state index in [0.29, 0.717) is 60.7 Å². The number of β-lactam (4-membered cyclic amide) rings is 1. The zero-order chi connectivity index (χ0) is 52.4. The van der Waals surface area contributed by atoms with Gasteiger partial charge in [-0.3, -0.25) is 19.4 Å². The van der Waals surface area contributed by atoms with Crippen molar-refractivity contribution in [1.29, 1.82) is 0 Å². The molecule has 11 nitrogen and oxygen atoms in total. The van der Waals surface area contributed by atoms with Gasteiger partial charge in [-0.1, -0.05) is 136 Å². The van der Waals surface area contributed by atoms with Crippen LogP contribution in [0.4, 0.5) is 26.0 Å². The third-order valence-corrected chi connectivity index (χ3v) is 14.1.